The van der Waals surface area contributed by atoms with Crippen LogP contribution < -0.4 is 10.6 Å². The first kappa shape index (κ1) is 26.9. The van der Waals surface area contributed by atoms with Crippen molar-refractivity contribution in [1.82, 2.24) is 15.5 Å². The van der Waals surface area contributed by atoms with Gasteiger partial charge in [-0.2, -0.15) is 0 Å². The van der Waals surface area contributed by atoms with E-state index < -0.39 is 35.5 Å². The normalized spacial score (nSPS) is 11.8. The molecule has 0 radical (unpaired) electrons. The third-order valence-corrected chi connectivity index (χ3v) is 4.69. The molecule has 0 spiro atoms. The highest BCUT2D eigenvalue weighted by Gasteiger charge is 2.30. The maximum Gasteiger partial charge on any atom is 0.408 e. The van der Waals surface area contributed by atoms with Crippen molar-refractivity contribution in [3.8, 4) is 0 Å². The summed E-state index contributed by atoms with van der Waals surface area (Å²) in [4.78, 5) is 50.6. The lowest BCUT2D eigenvalue weighted by Gasteiger charge is -2.29. The van der Waals surface area contributed by atoms with Gasteiger partial charge < -0.3 is 25.0 Å². The topological polar surface area (TPSA) is 114 Å². The lowest BCUT2D eigenvalue weighted by molar-refractivity contribution is -0.143. The van der Waals surface area contributed by atoms with E-state index in [1.165, 1.54) is 11.9 Å². The Hall–Kier alpha value is -3.10. The predicted octanol–water partition coefficient (Wildman–Crippen LogP) is 2.40. The summed E-state index contributed by atoms with van der Waals surface area (Å²) in [5.41, 5.74) is 1.81. The molecule has 0 heterocycles. The monoisotopic (exact) mass is 449 g/mol. The van der Waals surface area contributed by atoms with E-state index in [0.717, 1.165) is 11.1 Å². The summed E-state index contributed by atoms with van der Waals surface area (Å²) < 4.78 is 10.0. The molecule has 9 nitrogen and oxygen atoms in total. The Labute approximate surface area is 189 Å². The molecule has 2 N–H and O–H groups in total. The Balaban J connectivity index is 2.98. The van der Waals surface area contributed by atoms with Gasteiger partial charge in [-0.05, 0) is 58.2 Å². The summed E-state index contributed by atoms with van der Waals surface area (Å²) >= 11 is 0. The van der Waals surface area contributed by atoms with Crippen LogP contribution in [0.2, 0.25) is 0 Å². The molecule has 0 aliphatic carbocycles. The van der Waals surface area contributed by atoms with E-state index in [1.54, 1.807) is 33.8 Å². The minimum Gasteiger partial charge on any atom is -0.466 e. The first-order chi connectivity index (χ1) is 14.9. The van der Waals surface area contributed by atoms with Crippen LogP contribution in [0.5, 0.6) is 0 Å². The standard InChI is InChI=1S/C23H35N3O6/c1-8-31-19(28)12-13-24-21(29)20(17-11-9-10-15(2)16(17)3)26(7)18(27)14-25-22(30)32-23(4,5)6/h9-11,20H,8,12-14H2,1-7H3,(H,24,29)(H,25,30). The van der Waals surface area contributed by atoms with Crippen molar-refractivity contribution in [1.29, 1.82) is 0 Å². The molecule has 0 aliphatic heterocycles. The van der Waals surface area contributed by atoms with Crippen LogP contribution in [0, 0.1) is 13.8 Å². The fraction of sp³-hybridized carbons (Fsp3) is 0.565. The second-order valence-corrected chi connectivity index (χ2v) is 8.40. The molecule has 32 heavy (non-hydrogen) atoms. The Bertz CT molecular complexity index is 832. The molecule has 0 saturated carbocycles. The van der Waals surface area contributed by atoms with Gasteiger partial charge in [0.15, 0.2) is 0 Å². The molecule has 1 unspecified atom stereocenters. The average Bonchev–Trinajstić information content (AvgIpc) is 2.68. The molecule has 1 atom stereocenters. The zero-order valence-electron chi connectivity index (χ0n) is 20.0. The van der Waals surface area contributed by atoms with Crippen molar-refractivity contribution in [2.45, 2.75) is 59.6 Å². The van der Waals surface area contributed by atoms with Gasteiger partial charge in [0.05, 0.1) is 13.0 Å². The summed E-state index contributed by atoms with van der Waals surface area (Å²) in [6, 6.07) is 4.57. The van der Waals surface area contributed by atoms with Gasteiger partial charge in [-0.25, -0.2) is 4.79 Å². The molecule has 1 aromatic carbocycles. The number of carbonyl (C=O) groups excluding carboxylic acids is 4. The van der Waals surface area contributed by atoms with Gasteiger partial charge in [0, 0.05) is 13.6 Å². The Morgan fingerprint density at radius 3 is 2.34 bits per heavy atom. The van der Waals surface area contributed by atoms with Gasteiger partial charge in [-0.15, -0.1) is 0 Å². The van der Waals surface area contributed by atoms with Crippen molar-refractivity contribution in [2.75, 3.05) is 26.7 Å². The lowest BCUT2D eigenvalue weighted by Crippen LogP contribution is -2.46. The van der Waals surface area contributed by atoms with Gasteiger partial charge in [-0.3, -0.25) is 14.4 Å². The quantitative estimate of drug-likeness (QED) is 0.560. The van der Waals surface area contributed by atoms with Crippen LogP contribution in [0.1, 0.15) is 56.8 Å². The molecule has 0 fully saturated rings. The van der Waals surface area contributed by atoms with E-state index in [0.29, 0.717) is 5.56 Å². The predicted molar refractivity (Wildman–Crippen MR) is 120 cm³/mol. The van der Waals surface area contributed by atoms with Gasteiger partial charge in [-0.1, -0.05) is 18.2 Å². The van der Waals surface area contributed by atoms with Crippen LogP contribution in [0.3, 0.4) is 0 Å². The van der Waals surface area contributed by atoms with E-state index >= 15 is 0 Å². The van der Waals surface area contributed by atoms with Gasteiger partial charge in [0.25, 0.3) is 0 Å². The van der Waals surface area contributed by atoms with Gasteiger partial charge in [0.2, 0.25) is 11.8 Å². The largest absolute Gasteiger partial charge is 0.466 e. The highest BCUT2D eigenvalue weighted by Crippen LogP contribution is 2.25. The number of benzene rings is 1. The van der Waals surface area contributed by atoms with Crippen LogP contribution in [0.25, 0.3) is 0 Å². The number of nitrogens with zero attached hydrogens (tertiary/aromatic N) is 1. The first-order valence-corrected chi connectivity index (χ1v) is 10.6. The second kappa shape index (κ2) is 12.1. The number of esters is 1. The molecular formula is C23H35N3O6. The van der Waals surface area contributed by atoms with Crippen LogP contribution in [-0.2, 0) is 23.9 Å². The van der Waals surface area contributed by atoms with Crippen molar-refractivity contribution in [3.05, 3.63) is 34.9 Å². The number of nitrogens with one attached hydrogen (secondary N) is 2. The number of alkyl carbamates (subject to hydrolysis) is 1. The summed E-state index contributed by atoms with van der Waals surface area (Å²) in [6.45, 7) is 10.7. The molecule has 0 bridgehead atoms. The molecule has 1 rings (SSSR count). The second-order valence-electron chi connectivity index (χ2n) is 8.40. The molecule has 1 aromatic rings. The minimum atomic E-state index is -0.940. The molecule has 9 heteroatoms. The number of likely N-dealkylation sites (N-methyl/N-ethyl adjacent to an activating group) is 1. The number of rotatable bonds is 9. The minimum absolute atomic E-state index is 0.0248. The van der Waals surface area contributed by atoms with Crippen LogP contribution in [0.15, 0.2) is 18.2 Å². The third-order valence-electron chi connectivity index (χ3n) is 4.69. The molecule has 0 aromatic heterocycles. The Morgan fingerprint density at radius 1 is 1.09 bits per heavy atom. The van der Waals surface area contributed by atoms with Crippen LogP contribution >= 0.6 is 0 Å². The van der Waals surface area contributed by atoms with Crippen molar-refractivity contribution >= 4 is 23.9 Å². The zero-order valence-corrected chi connectivity index (χ0v) is 20.0. The number of amides is 3. The molecule has 3 amide bonds. The number of hydrogen-bond donors (Lipinski definition) is 2. The van der Waals surface area contributed by atoms with E-state index in [1.807, 2.05) is 26.0 Å². The highest BCUT2D eigenvalue weighted by molar-refractivity contribution is 5.90. The van der Waals surface area contributed by atoms with Crippen molar-refractivity contribution in [3.63, 3.8) is 0 Å². The summed E-state index contributed by atoms with van der Waals surface area (Å²) in [5, 5.41) is 5.12. The number of carbonyl (C=O) groups is 4. The average molecular weight is 450 g/mol. The van der Waals surface area contributed by atoms with E-state index in [4.69, 9.17) is 9.47 Å². The third kappa shape index (κ3) is 8.56. The summed E-state index contributed by atoms with van der Waals surface area (Å²) in [5.74, 6) is -1.32. The number of ether oxygens (including phenoxy) is 2. The summed E-state index contributed by atoms with van der Waals surface area (Å²) in [7, 11) is 1.50. The van der Waals surface area contributed by atoms with E-state index in [-0.39, 0.29) is 26.1 Å². The maximum atomic E-state index is 13.0. The first-order valence-electron chi connectivity index (χ1n) is 10.6. The van der Waals surface area contributed by atoms with Gasteiger partial charge in [0.1, 0.15) is 18.2 Å². The SMILES string of the molecule is CCOC(=O)CCNC(=O)C(c1cccc(C)c1C)N(C)C(=O)CNC(=O)OC(C)(C)C. The summed E-state index contributed by atoms with van der Waals surface area (Å²) in [6.07, 6.45) is -0.696. The lowest BCUT2D eigenvalue weighted by atomic mass is 9.96. The van der Waals surface area contributed by atoms with E-state index in [2.05, 4.69) is 10.6 Å². The fourth-order valence-electron chi connectivity index (χ4n) is 2.94. The van der Waals surface area contributed by atoms with Crippen LogP contribution in [0.4, 0.5) is 4.79 Å². The van der Waals surface area contributed by atoms with E-state index in [9.17, 15) is 19.2 Å². The number of aryl methyl sites for hydroxylation is 1. The molecular weight excluding hydrogens is 414 g/mol. The Kier molecular flexibility index (Phi) is 10.2. The molecule has 0 aliphatic rings. The number of hydrogen-bond acceptors (Lipinski definition) is 6. The smallest absolute Gasteiger partial charge is 0.408 e. The van der Waals surface area contributed by atoms with Crippen molar-refractivity contribution < 1.29 is 28.7 Å². The fourth-order valence-corrected chi connectivity index (χ4v) is 2.94. The highest BCUT2D eigenvalue weighted by atomic mass is 16.6. The van der Waals surface area contributed by atoms with Gasteiger partial charge >= 0.3 is 12.1 Å². The Morgan fingerprint density at radius 2 is 1.75 bits per heavy atom. The molecule has 178 valence electrons. The van der Waals surface area contributed by atoms with Crippen LogP contribution in [-0.4, -0.2) is 61.1 Å². The van der Waals surface area contributed by atoms with Crippen molar-refractivity contribution in [2.24, 2.45) is 0 Å². The zero-order chi connectivity index (χ0) is 24.5. The maximum absolute atomic E-state index is 13.0. The molecule has 0 saturated heterocycles.